The Morgan fingerprint density at radius 3 is 2.00 bits per heavy atom. The normalized spacial score (nSPS) is 9.57. The van der Waals surface area contributed by atoms with Gasteiger partial charge in [0.15, 0.2) is 0 Å². The molecule has 0 fully saturated rings. The molecule has 0 unspecified atom stereocenters. The molecule has 0 saturated carbocycles. The number of amides is 1. The molecule has 7 heavy (non-hydrogen) atoms. The molecule has 0 saturated heterocycles. The SMILES string of the molecule is C[C](C)CC([NH])=O. The van der Waals surface area contributed by atoms with Gasteiger partial charge in [0.2, 0.25) is 5.91 Å². The highest BCUT2D eigenvalue weighted by Crippen LogP contribution is 1.99. The van der Waals surface area contributed by atoms with E-state index in [1.54, 1.807) is 0 Å². The highest BCUT2D eigenvalue weighted by atomic mass is 16.1. The molecule has 0 rings (SSSR count). The molecule has 0 bridgehead atoms. The minimum Gasteiger partial charge on any atom is -0.273 e. The molecule has 2 radical (unpaired) electrons. The van der Waals surface area contributed by atoms with Crippen LogP contribution in [0.4, 0.5) is 0 Å². The Kier molecular flexibility index (Phi) is 2.41. The molecule has 1 amide bonds. The Morgan fingerprint density at radius 2 is 2.00 bits per heavy atom. The molecule has 0 aromatic rings. The van der Waals surface area contributed by atoms with Crippen LogP contribution in [0.15, 0.2) is 0 Å². The number of rotatable bonds is 2. The van der Waals surface area contributed by atoms with E-state index in [1.807, 2.05) is 13.8 Å². The van der Waals surface area contributed by atoms with Gasteiger partial charge >= 0.3 is 0 Å². The van der Waals surface area contributed by atoms with E-state index in [1.165, 1.54) is 0 Å². The summed E-state index contributed by atoms with van der Waals surface area (Å²) < 4.78 is 0. The molecular formula is C5H9NO. The van der Waals surface area contributed by atoms with Crippen molar-refractivity contribution in [2.24, 2.45) is 0 Å². The van der Waals surface area contributed by atoms with Gasteiger partial charge in [0.05, 0.1) is 0 Å². The molecule has 0 aliphatic heterocycles. The molecule has 0 aliphatic carbocycles. The van der Waals surface area contributed by atoms with Crippen molar-refractivity contribution in [2.75, 3.05) is 0 Å². The summed E-state index contributed by atoms with van der Waals surface area (Å²) in [6.45, 7) is 3.68. The van der Waals surface area contributed by atoms with E-state index in [2.05, 4.69) is 0 Å². The molecule has 0 aromatic carbocycles. The maximum absolute atomic E-state index is 9.90. The van der Waals surface area contributed by atoms with Crippen LogP contribution in [0.5, 0.6) is 0 Å². The Morgan fingerprint density at radius 1 is 1.57 bits per heavy atom. The van der Waals surface area contributed by atoms with Gasteiger partial charge in [-0.15, -0.1) is 0 Å². The summed E-state index contributed by atoms with van der Waals surface area (Å²) in [6, 6.07) is 0. The fourth-order valence-corrected chi connectivity index (χ4v) is 0.321. The van der Waals surface area contributed by atoms with Gasteiger partial charge < -0.3 is 0 Å². The van der Waals surface area contributed by atoms with Crippen molar-refractivity contribution >= 4 is 5.91 Å². The second-order valence-corrected chi connectivity index (χ2v) is 1.81. The topological polar surface area (TPSA) is 40.9 Å². The number of carbonyl (C=O) groups excluding carboxylic acids is 1. The number of hydrogen-bond acceptors (Lipinski definition) is 1. The summed E-state index contributed by atoms with van der Waals surface area (Å²) in [4.78, 5) is 9.90. The number of nitrogens with one attached hydrogen (secondary N) is 1. The van der Waals surface area contributed by atoms with E-state index < -0.39 is 5.91 Å². The Labute approximate surface area is 43.7 Å². The average Bonchev–Trinajstić information content (AvgIpc) is 1.27. The molecule has 1 N–H and O–H groups in total. The highest BCUT2D eigenvalue weighted by Gasteiger charge is 1.97. The van der Waals surface area contributed by atoms with Gasteiger partial charge in [-0.05, 0) is 5.92 Å². The lowest BCUT2D eigenvalue weighted by Gasteiger charge is -1.93. The Balaban J connectivity index is 3.13. The summed E-state index contributed by atoms with van der Waals surface area (Å²) in [6.07, 6.45) is 0.306. The zero-order valence-corrected chi connectivity index (χ0v) is 4.62. The lowest BCUT2D eigenvalue weighted by Crippen LogP contribution is -2.00. The summed E-state index contributed by atoms with van der Waals surface area (Å²) >= 11 is 0. The second-order valence-electron chi connectivity index (χ2n) is 1.81. The molecule has 0 atom stereocenters. The molecule has 0 spiro atoms. The predicted molar refractivity (Wildman–Crippen MR) is 27.3 cm³/mol. The lowest BCUT2D eigenvalue weighted by molar-refractivity contribution is -0.118. The quantitative estimate of drug-likeness (QED) is 0.504. The first-order valence-corrected chi connectivity index (χ1v) is 2.16. The molecule has 0 heterocycles. The minimum absolute atomic E-state index is 0.306. The van der Waals surface area contributed by atoms with E-state index in [0.29, 0.717) is 6.42 Å². The van der Waals surface area contributed by atoms with Gasteiger partial charge in [-0.3, -0.25) is 10.5 Å². The Hall–Kier alpha value is -0.530. The summed E-state index contributed by atoms with van der Waals surface area (Å²) in [7, 11) is 0. The second kappa shape index (κ2) is 2.61. The van der Waals surface area contributed by atoms with Crippen LogP contribution in [0.2, 0.25) is 0 Å². The summed E-state index contributed by atoms with van der Waals surface area (Å²) in [5, 5.41) is 0. The number of carbonyl (C=O) groups is 1. The van der Waals surface area contributed by atoms with Crippen molar-refractivity contribution < 1.29 is 4.79 Å². The molecule has 40 valence electrons. The van der Waals surface area contributed by atoms with Gasteiger partial charge in [-0.25, -0.2) is 0 Å². The monoisotopic (exact) mass is 99.1 g/mol. The van der Waals surface area contributed by atoms with Crippen molar-refractivity contribution in [1.29, 1.82) is 0 Å². The lowest BCUT2D eigenvalue weighted by atomic mass is 10.1. The first-order valence-electron chi connectivity index (χ1n) is 2.16. The molecule has 2 nitrogen and oxygen atoms in total. The van der Waals surface area contributed by atoms with Crippen LogP contribution in [0.3, 0.4) is 0 Å². The van der Waals surface area contributed by atoms with Gasteiger partial charge in [0.1, 0.15) is 0 Å². The fraction of sp³-hybridized carbons (Fsp3) is 0.600. The summed E-state index contributed by atoms with van der Waals surface area (Å²) in [5.41, 5.74) is 6.45. The van der Waals surface area contributed by atoms with Crippen LogP contribution in [-0.2, 0) is 4.79 Å². The van der Waals surface area contributed by atoms with E-state index in [-0.39, 0.29) is 0 Å². The van der Waals surface area contributed by atoms with Crippen molar-refractivity contribution in [3.63, 3.8) is 0 Å². The maximum Gasteiger partial charge on any atom is 0.238 e. The van der Waals surface area contributed by atoms with Crippen LogP contribution in [-0.4, -0.2) is 5.91 Å². The first-order chi connectivity index (χ1) is 3.13. The third kappa shape index (κ3) is 5.47. The van der Waals surface area contributed by atoms with E-state index in [9.17, 15) is 4.79 Å². The third-order valence-corrected chi connectivity index (χ3v) is 0.514. The van der Waals surface area contributed by atoms with E-state index in [0.717, 1.165) is 5.92 Å². The Bertz CT molecular complexity index is 68.5. The van der Waals surface area contributed by atoms with Crippen LogP contribution in [0.25, 0.3) is 0 Å². The van der Waals surface area contributed by atoms with Crippen molar-refractivity contribution in [3.8, 4) is 0 Å². The van der Waals surface area contributed by atoms with Gasteiger partial charge in [-0.1, -0.05) is 13.8 Å². The minimum atomic E-state index is -0.500. The van der Waals surface area contributed by atoms with E-state index in [4.69, 9.17) is 5.73 Å². The van der Waals surface area contributed by atoms with Crippen molar-refractivity contribution in [2.45, 2.75) is 20.3 Å². The zero-order chi connectivity index (χ0) is 5.86. The largest absolute Gasteiger partial charge is 0.273 e. The van der Waals surface area contributed by atoms with Gasteiger partial charge in [-0.2, -0.15) is 0 Å². The molecule has 0 aliphatic rings. The van der Waals surface area contributed by atoms with Gasteiger partial charge in [0, 0.05) is 6.42 Å². The standard InChI is InChI=1S/C5H9NO/c1-4(2)3-5(6)7/h6H,3H2,1-2H3. The van der Waals surface area contributed by atoms with Crippen LogP contribution >= 0.6 is 0 Å². The zero-order valence-electron chi connectivity index (χ0n) is 4.62. The summed E-state index contributed by atoms with van der Waals surface area (Å²) in [5.74, 6) is 0.500. The average molecular weight is 99.1 g/mol. The highest BCUT2D eigenvalue weighted by molar-refractivity contribution is 5.74. The maximum atomic E-state index is 9.90. The molecular weight excluding hydrogens is 90.1 g/mol. The smallest absolute Gasteiger partial charge is 0.238 e. The van der Waals surface area contributed by atoms with Crippen LogP contribution in [0, 0.1) is 5.92 Å². The molecule has 0 aromatic heterocycles. The molecule has 2 heteroatoms. The van der Waals surface area contributed by atoms with Crippen molar-refractivity contribution in [3.05, 3.63) is 5.92 Å². The van der Waals surface area contributed by atoms with Crippen LogP contribution in [0.1, 0.15) is 20.3 Å². The predicted octanol–water partition coefficient (Wildman–Crippen LogP) is 0.800. The number of hydrogen-bond donors (Lipinski definition) is 0. The van der Waals surface area contributed by atoms with Crippen molar-refractivity contribution in [1.82, 2.24) is 5.73 Å². The van der Waals surface area contributed by atoms with E-state index >= 15 is 0 Å². The fourth-order valence-electron chi connectivity index (χ4n) is 0.321. The van der Waals surface area contributed by atoms with Gasteiger partial charge in [0.25, 0.3) is 0 Å². The van der Waals surface area contributed by atoms with Crippen LogP contribution < -0.4 is 5.73 Å². The first kappa shape index (κ1) is 6.47. The third-order valence-electron chi connectivity index (χ3n) is 0.514.